The van der Waals surface area contributed by atoms with Crippen LogP contribution in [0.2, 0.25) is 0 Å². The third-order valence-corrected chi connectivity index (χ3v) is 3.57. The highest BCUT2D eigenvalue weighted by molar-refractivity contribution is 5.95. The Morgan fingerprint density at radius 1 is 1.25 bits per heavy atom. The van der Waals surface area contributed by atoms with Crippen LogP contribution in [0.5, 0.6) is 0 Å². The second-order valence-corrected chi connectivity index (χ2v) is 5.28. The number of carbonyl (C=O) groups excluding carboxylic acids is 1. The Hall–Kier alpha value is -1.62. The molecule has 1 fully saturated rings. The summed E-state index contributed by atoms with van der Waals surface area (Å²) in [6.07, 6.45) is 4.79. The zero-order valence-corrected chi connectivity index (χ0v) is 11.7. The number of hydrogen-bond acceptors (Lipinski definition) is 3. The van der Waals surface area contributed by atoms with E-state index in [0.29, 0.717) is 6.54 Å². The van der Waals surface area contributed by atoms with Crippen LogP contribution in [0.1, 0.15) is 36.0 Å². The molecule has 0 spiro atoms. The monoisotopic (exact) mass is 279 g/mol. The number of halogens is 1. The summed E-state index contributed by atoms with van der Waals surface area (Å²) in [7, 11) is 0. The minimum Gasteiger partial charge on any atom is -0.399 e. The fraction of sp³-hybridized carbons (Fsp3) is 0.533. The molecule has 0 radical (unpaired) electrons. The summed E-state index contributed by atoms with van der Waals surface area (Å²) in [6, 6.07) is 3.90. The van der Waals surface area contributed by atoms with Crippen LogP contribution in [0.3, 0.4) is 0 Å². The lowest BCUT2D eigenvalue weighted by Gasteiger charge is -2.26. The molecule has 1 aromatic rings. The predicted octanol–water partition coefficient (Wildman–Crippen LogP) is 2.01. The van der Waals surface area contributed by atoms with Gasteiger partial charge in [0, 0.05) is 17.8 Å². The number of nitrogens with zero attached hydrogens (tertiary/aromatic N) is 1. The average Bonchev–Trinajstić information content (AvgIpc) is 2.43. The van der Waals surface area contributed by atoms with Crippen LogP contribution in [0, 0.1) is 5.82 Å². The lowest BCUT2D eigenvalue weighted by molar-refractivity contribution is 0.0950. The first kappa shape index (κ1) is 14.8. The highest BCUT2D eigenvalue weighted by Gasteiger charge is 2.10. The van der Waals surface area contributed by atoms with Gasteiger partial charge < -0.3 is 16.0 Å². The zero-order valence-electron chi connectivity index (χ0n) is 11.7. The molecular weight excluding hydrogens is 257 g/mol. The van der Waals surface area contributed by atoms with E-state index in [-0.39, 0.29) is 17.2 Å². The Labute approximate surface area is 119 Å². The van der Waals surface area contributed by atoms with Crippen molar-refractivity contribution in [1.82, 2.24) is 10.2 Å². The molecule has 110 valence electrons. The minimum absolute atomic E-state index is 0.267. The van der Waals surface area contributed by atoms with Gasteiger partial charge in [0.2, 0.25) is 0 Å². The number of nitrogen functional groups attached to an aromatic ring is 1. The van der Waals surface area contributed by atoms with Gasteiger partial charge in [-0.25, -0.2) is 4.39 Å². The molecule has 0 aromatic heterocycles. The molecule has 1 aliphatic heterocycles. The van der Waals surface area contributed by atoms with Gasteiger partial charge in [-0.1, -0.05) is 6.42 Å². The first-order valence-corrected chi connectivity index (χ1v) is 7.22. The summed E-state index contributed by atoms with van der Waals surface area (Å²) in [5.41, 5.74) is 6.07. The van der Waals surface area contributed by atoms with Gasteiger partial charge in [0.25, 0.3) is 5.91 Å². The standard InChI is InChI=1S/C15H22FN3O/c16-13-9-12(10-14(17)11-13)15(20)18-5-4-8-19-6-2-1-3-7-19/h9-11H,1-8,17H2,(H,18,20). The highest BCUT2D eigenvalue weighted by Crippen LogP contribution is 2.11. The lowest BCUT2D eigenvalue weighted by Crippen LogP contribution is -2.33. The molecule has 0 saturated carbocycles. The molecule has 4 nitrogen and oxygen atoms in total. The Morgan fingerprint density at radius 3 is 2.70 bits per heavy atom. The quantitative estimate of drug-likeness (QED) is 0.640. The average molecular weight is 279 g/mol. The second kappa shape index (κ2) is 7.24. The SMILES string of the molecule is Nc1cc(F)cc(C(=O)NCCCN2CCCCC2)c1. The molecule has 1 heterocycles. The predicted molar refractivity (Wildman–Crippen MR) is 78.1 cm³/mol. The van der Waals surface area contributed by atoms with E-state index < -0.39 is 5.82 Å². The summed E-state index contributed by atoms with van der Waals surface area (Å²) in [4.78, 5) is 14.3. The summed E-state index contributed by atoms with van der Waals surface area (Å²) >= 11 is 0. The van der Waals surface area contributed by atoms with Crippen LogP contribution in [-0.2, 0) is 0 Å². The lowest BCUT2D eigenvalue weighted by atomic mass is 10.1. The first-order valence-electron chi connectivity index (χ1n) is 7.22. The van der Waals surface area contributed by atoms with Crippen LogP contribution in [0.4, 0.5) is 10.1 Å². The van der Waals surface area contributed by atoms with Gasteiger partial charge in [-0.2, -0.15) is 0 Å². The maximum absolute atomic E-state index is 13.2. The molecule has 0 atom stereocenters. The number of nitrogens with one attached hydrogen (secondary N) is 1. The van der Waals surface area contributed by atoms with Crippen LogP contribution in [0.15, 0.2) is 18.2 Å². The van der Waals surface area contributed by atoms with Crippen molar-refractivity contribution in [3.63, 3.8) is 0 Å². The van der Waals surface area contributed by atoms with Crippen molar-refractivity contribution < 1.29 is 9.18 Å². The number of likely N-dealkylation sites (tertiary alicyclic amines) is 1. The van der Waals surface area contributed by atoms with Crippen LogP contribution < -0.4 is 11.1 Å². The molecule has 0 bridgehead atoms. The van der Waals surface area contributed by atoms with Gasteiger partial charge in [0.1, 0.15) is 5.82 Å². The Balaban J connectivity index is 1.71. The van der Waals surface area contributed by atoms with E-state index in [1.165, 1.54) is 37.5 Å². The topological polar surface area (TPSA) is 58.4 Å². The number of nitrogens with two attached hydrogens (primary N) is 1. The summed E-state index contributed by atoms with van der Waals surface area (Å²) in [5, 5.41) is 2.81. The number of amides is 1. The smallest absolute Gasteiger partial charge is 0.251 e. The summed E-state index contributed by atoms with van der Waals surface area (Å²) in [5.74, 6) is -0.752. The third kappa shape index (κ3) is 4.49. The van der Waals surface area contributed by atoms with Gasteiger partial charge in [-0.15, -0.1) is 0 Å². The van der Waals surface area contributed by atoms with Crippen LogP contribution >= 0.6 is 0 Å². The van der Waals surface area contributed by atoms with E-state index in [2.05, 4.69) is 10.2 Å². The molecule has 20 heavy (non-hydrogen) atoms. The van der Waals surface area contributed by atoms with E-state index in [4.69, 9.17) is 5.73 Å². The molecule has 3 N–H and O–H groups in total. The first-order chi connectivity index (χ1) is 9.65. The van der Waals surface area contributed by atoms with Crippen LogP contribution in [0.25, 0.3) is 0 Å². The Kier molecular flexibility index (Phi) is 5.35. The normalized spacial score (nSPS) is 16.1. The number of hydrogen-bond donors (Lipinski definition) is 2. The van der Waals surface area contributed by atoms with Gasteiger partial charge in [0.15, 0.2) is 0 Å². The molecule has 5 heteroatoms. The summed E-state index contributed by atoms with van der Waals surface area (Å²) < 4.78 is 13.2. The zero-order chi connectivity index (χ0) is 14.4. The number of piperidine rings is 1. The van der Waals surface area contributed by atoms with E-state index in [1.54, 1.807) is 0 Å². The largest absolute Gasteiger partial charge is 0.399 e. The maximum atomic E-state index is 13.2. The molecule has 1 aliphatic rings. The van der Waals surface area contributed by atoms with Crippen molar-refractivity contribution in [2.75, 3.05) is 31.9 Å². The fourth-order valence-electron chi connectivity index (χ4n) is 2.53. The van der Waals surface area contributed by atoms with E-state index >= 15 is 0 Å². The molecule has 1 saturated heterocycles. The Bertz CT molecular complexity index is 438. The van der Waals surface area contributed by atoms with E-state index in [1.807, 2.05) is 0 Å². The fourth-order valence-corrected chi connectivity index (χ4v) is 2.53. The number of carbonyl (C=O) groups is 1. The molecular formula is C15H22FN3O. The van der Waals surface area contributed by atoms with Crippen LogP contribution in [-0.4, -0.2) is 37.0 Å². The van der Waals surface area contributed by atoms with Gasteiger partial charge >= 0.3 is 0 Å². The van der Waals surface area contributed by atoms with Crippen molar-refractivity contribution in [3.8, 4) is 0 Å². The van der Waals surface area contributed by atoms with Crippen molar-refractivity contribution in [3.05, 3.63) is 29.6 Å². The maximum Gasteiger partial charge on any atom is 0.251 e. The van der Waals surface area contributed by atoms with E-state index in [9.17, 15) is 9.18 Å². The van der Waals surface area contributed by atoms with E-state index in [0.717, 1.165) is 26.1 Å². The second-order valence-electron chi connectivity index (χ2n) is 5.28. The molecule has 1 aromatic carbocycles. The van der Waals surface area contributed by atoms with Crippen molar-refractivity contribution in [1.29, 1.82) is 0 Å². The number of benzene rings is 1. The Morgan fingerprint density at radius 2 is 2.00 bits per heavy atom. The van der Waals surface area contributed by atoms with Crippen molar-refractivity contribution in [2.24, 2.45) is 0 Å². The summed E-state index contributed by atoms with van der Waals surface area (Å²) in [6.45, 7) is 3.93. The van der Waals surface area contributed by atoms with Gasteiger partial charge in [0.05, 0.1) is 0 Å². The van der Waals surface area contributed by atoms with Gasteiger partial charge in [-0.3, -0.25) is 4.79 Å². The molecule has 2 rings (SSSR count). The minimum atomic E-state index is -0.483. The third-order valence-electron chi connectivity index (χ3n) is 3.57. The number of anilines is 1. The van der Waals surface area contributed by atoms with Crippen molar-refractivity contribution in [2.45, 2.75) is 25.7 Å². The highest BCUT2D eigenvalue weighted by atomic mass is 19.1. The van der Waals surface area contributed by atoms with Crippen molar-refractivity contribution >= 4 is 11.6 Å². The van der Waals surface area contributed by atoms with Gasteiger partial charge in [-0.05, 0) is 57.1 Å². The molecule has 0 aliphatic carbocycles. The molecule has 1 amide bonds. The number of rotatable bonds is 5. The molecule has 0 unspecified atom stereocenters.